The molecule has 2 aliphatic heterocycles. The van der Waals surface area contributed by atoms with Gasteiger partial charge in [-0.25, -0.2) is 4.98 Å². The van der Waals surface area contributed by atoms with Crippen LogP contribution in [0.3, 0.4) is 0 Å². The number of piperazine rings is 1. The van der Waals surface area contributed by atoms with Crippen molar-refractivity contribution in [2.75, 3.05) is 57.4 Å². The van der Waals surface area contributed by atoms with Crippen LogP contribution in [0.1, 0.15) is 12.8 Å². The lowest BCUT2D eigenvalue weighted by Crippen LogP contribution is -2.50. The van der Waals surface area contributed by atoms with Crippen LogP contribution in [0.5, 0.6) is 0 Å². The van der Waals surface area contributed by atoms with Crippen LogP contribution in [-0.4, -0.2) is 73.1 Å². The smallest absolute Gasteiger partial charge is 0.261 e. The predicted molar refractivity (Wildman–Crippen MR) is 108 cm³/mol. The molecule has 0 radical (unpaired) electrons. The molecule has 2 aromatic rings. The first-order valence-corrected chi connectivity index (χ1v) is 10.4. The van der Waals surface area contributed by atoms with Crippen LogP contribution in [0.25, 0.3) is 10.9 Å². The summed E-state index contributed by atoms with van der Waals surface area (Å²) in [4.78, 5) is 22.1. The Labute approximate surface area is 164 Å². The average molecular weight is 384 g/mol. The van der Waals surface area contributed by atoms with E-state index in [-0.39, 0.29) is 11.7 Å². The Balaban J connectivity index is 1.24. The summed E-state index contributed by atoms with van der Waals surface area (Å²) in [6.45, 7) is 7.82. The molecule has 1 aromatic carbocycles. The van der Waals surface area contributed by atoms with E-state index in [9.17, 15) is 4.79 Å². The zero-order valence-corrected chi connectivity index (χ0v) is 16.3. The fraction of sp³-hybridized carbons (Fsp3) is 0.619. The first-order valence-electron chi connectivity index (χ1n) is 10.4. The molecule has 0 N–H and O–H groups in total. The number of rotatable bonds is 5. The van der Waals surface area contributed by atoms with E-state index in [1.165, 1.54) is 12.8 Å². The minimum absolute atomic E-state index is 0.0861. The second-order valence-electron chi connectivity index (χ2n) is 8.20. The normalized spacial score (nSPS) is 24.0. The lowest BCUT2D eigenvalue weighted by atomic mass is 10.2. The summed E-state index contributed by atoms with van der Waals surface area (Å²) in [6.07, 6.45) is 4.38. The SMILES string of the molecule is O=c1c2ccc(N3CCN(CC4COCCO4)CC3)cc2ncn1CC1CC1. The molecule has 28 heavy (non-hydrogen) atoms. The van der Waals surface area contributed by atoms with Crippen LogP contribution in [0, 0.1) is 5.92 Å². The topological polar surface area (TPSA) is 59.8 Å². The Kier molecular flexibility index (Phi) is 5.05. The number of hydrogen-bond acceptors (Lipinski definition) is 6. The van der Waals surface area contributed by atoms with E-state index in [1.54, 1.807) is 10.9 Å². The molecule has 0 spiro atoms. The number of ether oxygens (including phenoxy) is 2. The molecule has 7 heteroatoms. The highest BCUT2D eigenvalue weighted by Crippen LogP contribution is 2.30. The summed E-state index contributed by atoms with van der Waals surface area (Å²) in [5.41, 5.74) is 2.03. The molecular weight excluding hydrogens is 356 g/mol. The highest BCUT2D eigenvalue weighted by Gasteiger charge is 2.24. The molecule has 5 rings (SSSR count). The van der Waals surface area contributed by atoms with Crippen molar-refractivity contribution in [3.8, 4) is 0 Å². The number of anilines is 1. The van der Waals surface area contributed by atoms with E-state index in [0.29, 0.717) is 25.7 Å². The van der Waals surface area contributed by atoms with Crippen LogP contribution in [0.2, 0.25) is 0 Å². The minimum atomic E-state index is 0.0861. The number of aromatic nitrogens is 2. The number of benzene rings is 1. The number of fused-ring (bicyclic) bond motifs is 1. The van der Waals surface area contributed by atoms with Crippen molar-refractivity contribution in [3.63, 3.8) is 0 Å². The van der Waals surface area contributed by atoms with Crippen molar-refractivity contribution in [1.29, 1.82) is 0 Å². The van der Waals surface area contributed by atoms with Gasteiger partial charge < -0.3 is 14.4 Å². The second-order valence-corrected chi connectivity index (χ2v) is 8.20. The molecule has 1 aliphatic carbocycles. The van der Waals surface area contributed by atoms with Crippen molar-refractivity contribution >= 4 is 16.6 Å². The molecule has 1 unspecified atom stereocenters. The fourth-order valence-electron chi connectivity index (χ4n) is 4.17. The molecule has 3 fully saturated rings. The van der Waals surface area contributed by atoms with E-state index in [2.05, 4.69) is 26.9 Å². The molecule has 1 saturated carbocycles. The summed E-state index contributed by atoms with van der Waals surface area (Å²) in [5, 5.41) is 0.722. The third kappa shape index (κ3) is 3.92. The van der Waals surface area contributed by atoms with Gasteiger partial charge in [0.25, 0.3) is 5.56 Å². The van der Waals surface area contributed by atoms with Crippen LogP contribution < -0.4 is 10.5 Å². The zero-order valence-electron chi connectivity index (χ0n) is 16.3. The quantitative estimate of drug-likeness (QED) is 0.776. The maximum atomic E-state index is 12.7. The Morgan fingerprint density at radius 3 is 2.68 bits per heavy atom. The lowest BCUT2D eigenvalue weighted by Gasteiger charge is -2.38. The lowest BCUT2D eigenvalue weighted by molar-refractivity contribution is -0.0977. The van der Waals surface area contributed by atoms with Crippen LogP contribution in [0.4, 0.5) is 5.69 Å². The highest BCUT2D eigenvalue weighted by atomic mass is 16.6. The summed E-state index contributed by atoms with van der Waals surface area (Å²) in [7, 11) is 0. The van der Waals surface area contributed by atoms with Crippen LogP contribution in [0.15, 0.2) is 29.3 Å². The standard InChI is InChI=1S/C21H28N4O3/c26-21-19-4-3-17(11-20(19)22-15-25(21)12-16-1-2-16)24-7-5-23(6-8-24)13-18-14-27-9-10-28-18/h3-4,11,15-16,18H,1-2,5-10,12-14H2. The molecule has 1 aromatic heterocycles. The fourth-order valence-corrected chi connectivity index (χ4v) is 4.17. The van der Waals surface area contributed by atoms with Gasteiger partial charge in [-0.2, -0.15) is 0 Å². The first-order chi connectivity index (χ1) is 13.8. The molecule has 0 amide bonds. The first kappa shape index (κ1) is 18.1. The Morgan fingerprint density at radius 1 is 1.07 bits per heavy atom. The van der Waals surface area contributed by atoms with Crippen LogP contribution >= 0.6 is 0 Å². The van der Waals surface area contributed by atoms with Crippen molar-refractivity contribution in [1.82, 2.24) is 14.5 Å². The zero-order chi connectivity index (χ0) is 18.9. The summed E-state index contributed by atoms with van der Waals surface area (Å²) < 4.78 is 13.0. The molecule has 2 saturated heterocycles. The predicted octanol–water partition coefficient (Wildman–Crippen LogP) is 1.34. The molecule has 0 bridgehead atoms. The van der Waals surface area contributed by atoms with Gasteiger partial charge in [-0.15, -0.1) is 0 Å². The van der Waals surface area contributed by atoms with E-state index >= 15 is 0 Å². The number of hydrogen-bond donors (Lipinski definition) is 0. The van der Waals surface area contributed by atoms with Gasteiger partial charge in [-0.3, -0.25) is 14.3 Å². The monoisotopic (exact) mass is 384 g/mol. The molecule has 1 atom stereocenters. The van der Waals surface area contributed by atoms with Crippen LogP contribution in [-0.2, 0) is 16.0 Å². The molecule has 7 nitrogen and oxygen atoms in total. The van der Waals surface area contributed by atoms with Gasteiger partial charge >= 0.3 is 0 Å². The van der Waals surface area contributed by atoms with E-state index < -0.39 is 0 Å². The highest BCUT2D eigenvalue weighted by molar-refractivity contribution is 5.81. The number of nitrogens with zero attached hydrogens (tertiary/aromatic N) is 4. The third-order valence-corrected chi connectivity index (χ3v) is 6.04. The summed E-state index contributed by atoms with van der Waals surface area (Å²) in [6, 6.07) is 6.08. The Morgan fingerprint density at radius 2 is 1.93 bits per heavy atom. The van der Waals surface area contributed by atoms with Gasteiger partial charge in [-0.05, 0) is 37.0 Å². The van der Waals surface area contributed by atoms with Crippen molar-refractivity contribution in [3.05, 3.63) is 34.9 Å². The average Bonchev–Trinajstić information content (AvgIpc) is 3.55. The molecule has 3 heterocycles. The summed E-state index contributed by atoms with van der Waals surface area (Å²) in [5.74, 6) is 0.665. The van der Waals surface area contributed by atoms with E-state index in [0.717, 1.165) is 55.9 Å². The van der Waals surface area contributed by atoms with Gasteiger partial charge in [0.1, 0.15) is 0 Å². The van der Waals surface area contributed by atoms with Gasteiger partial charge in [0.05, 0.1) is 43.2 Å². The van der Waals surface area contributed by atoms with Gasteiger partial charge in [0.2, 0.25) is 0 Å². The third-order valence-electron chi connectivity index (χ3n) is 6.04. The molecular formula is C21H28N4O3. The maximum Gasteiger partial charge on any atom is 0.261 e. The van der Waals surface area contributed by atoms with Crippen molar-refractivity contribution in [2.24, 2.45) is 5.92 Å². The second kappa shape index (κ2) is 7.81. The van der Waals surface area contributed by atoms with Gasteiger partial charge in [0, 0.05) is 45.0 Å². The van der Waals surface area contributed by atoms with Crippen molar-refractivity contribution < 1.29 is 9.47 Å². The van der Waals surface area contributed by atoms with Gasteiger partial charge in [0.15, 0.2) is 0 Å². The summed E-state index contributed by atoms with van der Waals surface area (Å²) >= 11 is 0. The van der Waals surface area contributed by atoms with E-state index in [4.69, 9.17) is 9.47 Å². The largest absolute Gasteiger partial charge is 0.376 e. The maximum absolute atomic E-state index is 12.7. The van der Waals surface area contributed by atoms with Gasteiger partial charge in [-0.1, -0.05) is 0 Å². The molecule has 3 aliphatic rings. The van der Waals surface area contributed by atoms with Crippen molar-refractivity contribution in [2.45, 2.75) is 25.5 Å². The Bertz CT molecular complexity index is 881. The minimum Gasteiger partial charge on any atom is -0.376 e. The Hall–Kier alpha value is -1.96. The molecule has 150 valence electrons. The van der Waals surface area contributed by atoms with E-state index in [1.807, 2.05) is 6.07 Å².